The van der Waals surface area contributed by atoms with Gasteiger partial charge in [-0.25, -0.2) is 4.98 Å². The predicted octanol–water partition coefficient (Wildman–Crippen LogP) is 1.37. The molecule has 0 bridgehead atoms. The fourth-order valence-electron chi connectivity index (χ4n) is 1.40. The van der Waals surface area contributed by atoms with Gasteiger partial charge in [-0.15, -0.1) is 11.3 Å². The van der Waals surface area contributed by atoms with Crippen LogP contribution < -0.4 is 11.1 Å². The summed E-state index contributed by atoms with van der Waals surface area (Å²) in [4.78, 5) is 16.5. The van der Waals surface area contributed by atoms with Crippen molar-refractivity contribution < 1.29 is 4.79 Å². The van der Waals surface area contributed by atoms with Crippen LogP contribution in [0.4, 0.5) is 0 Å². The van der Waals surface area contributed by atoms with E-state index in [2.05, 4.69) is 10.3 Å². The summed E-state index contributed by atoms with van der Waals surface area (Å²) in [5.74, 6) is -0.350. The van der Waals surface area contributed by atoms with Crippen LogP contribution in [0.5, 0.6) is 0 Å². The molecule has 0 saturated carbocycles. The molecule has 0 aliphatic rings. The summed E-state index contributed by atoms with van der Waals surface area (Å²) in [6, 6.07) is 0.0833. The first kappa shape index (κ1) is 12.1. The average molecular weight is 227 g/mol. The molecule has 0 fully saturated rings. The first-order valence-electron chi connectivity index (χ1n) is 4.82. The second kappa shape index (κ2) is 4.28. The summed E-state index contributed by atoms with van der Waals surface area (Å²) in [5, 5.41) is 3.19. The van der Waals surface area contributed by atoms with Gasteiger partial charge in [0.2, 0.25) is 5.91 Å². The lowest BCUT2D eigenvalue weighted by Crippen LogP contribution is -2.51. The Balaban J connectivity index is 2.76. The maximum absolute atomic E-state index is 11.2. The molecule has 0 aromatic carbocycles. The van der Waals surface area contributed by atoms with Crippen molar-refractivity contribution in [2.45, 2.75) is 39.3 Å². The zero-order chi connectivity index (χ0) is 11.6. The standard InChI is InChI=1S/C10H17N3OS/c1-6-8(15-5-12-6)7(2)13-10(3,4)9(11)14/h5,7,13H,1-4H3,(H2,11,14). The summed E-state index contributed by atoms with van der Waals surface area (Å²) in [7, 11) is 0. The molecule has 0 saturated heterocycles. The maximum atomic E-state index is 11.2. The quantitative estimate of drug-likeness (QED) is 0.816. The highest BCUT2D eigenvalue weighted by Gasteiger charge is 2.27. The van der Waals surface area contributed by atoms with Gasteiger partial charge >= 0.3 is 0 Å². The Morgan fingerprint density at radius 2 is 2.27 bits per heavy atom. The summed E-state index contributed by atoms with van der Waals surface area (Å²) in [6.45, 7) is 7.52. The van der Waals surface area contributed by atoms with Gasteiger partial charge in [-0.1, -0.05) is 0 Å². The van der Waals surface area contributed by atoms with Crippen molar-refractivity contribution in [3.63, 3.8) is 0 Å². The van der Waals surface area contributed by atoms with Crippen LogP contribution in [0.1, 0.15) is 37.4 Å². The van der Waals surface area contributed by atoms with E-state index in [9.17, 15) is 4.79 Å². The Morgan fingerprint density at radius 3 is 2.67 bits per heavy atom. The molecule has 4 nitrogen and oxygen atoms in total. The fraction of sp³-hybridized carbons (Fsp3) is 0.600. The Hall–Kier alpha value is -0.940. The summed E-state index contributed by atoms with van der Waals surface area (Å²) >= 11 is 1.58. The van der Waals surface area contributed by atoms with Crippen molar-refractivity contribution in [3.05, 3.63) is 16.1 Å². The predicted molar refractivity (Wildman–Crippen MR) is 61.7 cm³/mol. The van der Waals surface area contributed by atoms with E-state index in [1.54, 1.807) is 30.7 Å². The third-order valence-corrected chi connectivity index (χ3v) is 3.48. The van der Waals surface area contributed by atoms with Gasteiger partial charge in [-0.2, -0.15) is 0 Å². The van der Waals surface area contributed by atoms with Crippen molar-refractivity contribution in [2.75, 3.05) is 0 Å². The van der Waals surface area contributed by atoms with Crippen LogP contribution >= 0.6 is 11.3 Å². The highest BCUT2D eigenvalue weighted by atomic mass is 32.1. The summed E-state index contributed by atoms with van der Waals surface area (Å²) in [5.41, 5.74) is 7.40. The first-order valence-corrected chi connectivity index (χ1v) is 5.70. The Kier molecular flexibility index (Phi) is 3.46. The minimum absolute atomic E-state index is 0.0833. The topological polar surface area (TPSA) is 68.0 Å². The second-order valence-electron chi connectivity index (χ2n) is 4.16. The molecule has 5 heteroatoms. The van der Waals surface area contributed by atoms with Crippen LogP contribution in [0.25, 0.3) is 0 Å². The van der Waals surface area contributed by atoms with E-state index in [1.165, 1.54) is 0 Å². The van der Waals surface area contributed by atoms with E-state index in [1.807, 2.05) is 13.8 Å². The molecule has 1 rings (SSSR count). The minimum atomic E-state index is -0.699. The molecule has 1 aromatic rings. The van der Waals surface area contributed by atoms with Gasteiger partial charge in [0, 0.05) is 10.9 Å². The Bertz CT molecular complexity index is 359. The van der Waals surface area contributed by atoms with Gasteiger partial charge in [0.1, 0.15) is 0 Å². The molecule has 1 aromatic heterocycles. The third kappa shape index (κ3) is 2.76. The summed E-state index contributed by atoms with van der Waals surface area (Å²) < 4.78 is 0. The number of hydrogen-bond donors (Lipinski definition) is 2. The molecule has 3 N–H and O–H groups in total. The molecule has 0 aliphatic heterocycles. The number of carbonyl (C=O) groups excluding carboxylic acids is 1. The molecule has 0 spiro atoms. The molecule has 1 unspecified atom stereocenters. The van der Waals surface area contributed by atoms with Gasteiger partial charge in [0.05, 0.1) is 16.7 Å². The monoisotopic (exact) mass is 227 g/mol. The van der Waals surface area contributed by atoms with Crippen LogP contribution in [-0.4, -0.2) is 16.4 Å². The SMILES string of the molecule is Cc1ncsc1C(C)NC(C)(C)C(N)=O. The molecule has 1 amide bonds. The molecule has 0 radical (unpaired) electrons. The van der Waals surface area contributed by atoms with Crippen molar-refractivity contribution in [2.24, 2.45) is 5.73 Å². The molecule has 84 valence electrons. The van der Waals surface area contributed by atoms with E-state index in [0.717, 1.165) is 10.6 Å². The smallest absolute Gasteiger partial charge is 0.237 e. The number of primary amides is 1. The Labute approximate surface area is 93.9 Å². The largest absolute Gasteiger partial charge is 0.368 e. The number of aromatic nitrogens is 1. The van der Waals surface area contributed by atoms with Crippen LogP contribution in [0.2, 0.25) is 0 Å². The molecule has 0 aliphatic carbocycles. The summed E-state index contributed by atoms with van der Waals surface area (Å²) in [6.07, 6.45) is 0. The van der Waals surface area contributed by atoms with E-state index >= 15 is 0 Å². The molecular weight excluding hydrogens is 210 g/mol. The van der Waals surface area contributed by atoms with Crippen LogP contribution in [0.15, 0.2) is 5.51 Å². The normalized spacial score (nSPS) is 13.9. The van der Waals surface area contributed by atoms with Crippen molar-refractivity contribution in [3.8, 4) is 0 Å². The lowest BCUT2D eigenvalue weighted by atomic mass is 10.0. The minimum Gasteiger partial charge on any atom is -0.368 e. The first-order chi connectivity index (χ1) is 6.84. The van der Waals surface area contributed by atoms with Gasteiger partial charge in [0.25, 0.3) is 0 Å². The zero-order valence-corrected chi connectivity index (χ0v) is 10.3. The van der Waals surface area contributed by atoms with Gasteiger partial charge in [0.15, 0.2) is 0 Å². The van der Waals surface area contributed by atoms with Crippen molar-refractivity contribution >= 4 is 17.2 Å². The van der Waals surface area contributed by atoms with Crippen LogP contribution in [-0.2, 0) is 4.79 Å². The van der Waals surface area contributed by atoms with Gasteiger partial charge < -0.3 is 5.73 Å². The zero-order valence-electron chi connectivity index (χ0n) is 9.50. The number of hydrogen-bond acceptors (Lipinski definition) is 4. The van der Waals surface area contributed by atoms with E-state index in [0.29, 0.717) is 0 Å². The molecule has 1 heterocycles. The fourth-order valence-corrected chi connectivity index (χ4v) is 2.22. The second-order valence-corrected chi connectivity index (χ2v) is 5.04. The van der Waals surface area contributed by atoms with Crippen molar-refractivity contribution in [1.82, 2.24) is 10.3 Å². The number of amides is 1. The van der Waals surface area contributed by atoms with Gasteiger partial charge in [-0.05, 0) is 27.7 Å². The average Bonchev–Trinajstić information content (AvgIpc) is 2.50. The highest BCUT2D eigenvalue weighted by Crippen LogP contribution is 2.23. The van der Waals surface area contributed by atoms with E-state index in [-0.39, 0.29) is 11.9 Å². The van der Waals surface area contributed by atoms with E-state index in [4.69, 9.17) is 5.73 Å². The molecule has 1 atom stereocenters. The number of carbonyl (C=O) groups is 1. The number of rotatable bonds is 4. The van der Waals surface area contributed by atoms with Crippen LogP contribution in [0.3, 0.4) is 0 Å². The molecular formula is C10H17N3OS. The Morgan fingerprint density at radius 1 is 1.67 bits per heavy atom. The number of nitrogens with one attached hydrogen (secondary N) is 1. The lowest BCUT2D eigenvalue weighted by Gasteiger charge is -2.26. The molecule has 15 heavy (non-hydrogen) atoms. The number of aryl methyl sites for hydroxylation is 1. The van der Waals surface area contributed by atoms with Gasteiger partial charge in [-0.3, -0.25) is 10.1 Å². The third-order valence-electron chi connectivity index (χ3n) is 2.37. The lowest BCUT2D eigenvalue weighted by molar-refractivity contribution is -0.123. The van der Waals surface area contributed by atoms with E-state index < -0.39 is 5.54 Å². The highest BCUT2D eigenvalue weighted by molar-refractivity contribution is 7.09. The maximum Gasteiger partial charge on any atom is 0.237 e. The van der Waals surface area contributed by atoms with Crippen molar-refractivity contribution in [1.29, 1.82) is 0 Å². The number of nitrogens with two attached hydrogens (primary N) is 1. The van der Waals surface area contributed by atoms with Crippen LogP contribution in [0, 0.1) is 6.92 Å². The number of nitrogens with zero attached hydrogens (tertiary/aromatic N) is 1. The number of thiazole rings is 1.